The van der Waals surface area contributed by atoms with Crippen LogP contribution < -0.4 is 5.32 Å². The van der Waals surface area contributed by atoms with Crippen LogP contribution in [0.5, 0.6) is 0 Å². The van der Waals surface area contributed by atoms with Gasteiger partial charge in [0.2, 0.25) is 0 Å². The molecule has 0 spiro atoms. The van der Waals surface area contributed by atoms with Gasteiger partial charge >= 0.3 is 0 Å². The molecule has 3 aromatic rings. The quantitative estimate of drug-likeness (QED) is 0.658. The van der Waals surface area contributed by atoms with Crippen molar-refractivity contribution in [3.05, 3.63) is 101 Å². The molecule has 2 heterocycles. The minimum atomic E-state index is -0.245. The Labute approximate surface area is 164 Å². The number of nitrogens with zero attached hydrogens (tertiary/aromatic N) is 2. The average Bonchev–Trinajstić information content (AvgIpc) is 3.02. The molecule has 0 unspecified atom stereocenters. The Bertz CT molecular complexity index is 1000. The maximum absolute atomic E-state index is 13.2. The van der Waals surface area contributed by atoms with E-state index in [0.29, 0.717) is 0 Å². The second-order valence-corrected chi connectivity index (χ2v) is 6.98. The van der Waals surface area contributed by atoms with Crippen LogP contribution in [0.25, 0.3) is 5.57 Å². The van der Waals surface area contributed by atoms with Crippen molar-refractivity contribution in [3.63, 3.8) is 0 Å². The Morgan fingerprint density at radius 1 is 1.07 bits per heavy atom. The molecule has 0 fully saturated rings. The third-order valence-corrected chi connectivity index (χ3v) is 4.72. The summed E-state index contributed by atoms with van der Waals surface area (Å²) in [5.74, 6) is 0.549. The number of aryl methyl sites for hydroxylation is 2. The summed E-state index contributed by atoms with van der Waals surface area (Å²) in [7, 11) is 0. The van der Waals surface area contributed by atoms with Crippen LogP contribution in [0.3, 0.4) is 0 Å². The molecule has 4 rings (SSSR count). The van der Waals surface area contributed by atoms with E-state index in [-0.39, 0.29) is 5.82 Å². The van der Waals surface area contributed by atoms with Gasteiger partial charge in [-0.3, -0.25) is 0 Å². The Hall–Kier alpha value is -3.34. The van der Waals surface area contributed by atoms with Gasteiger partial charge in [0.15, 0.2) is 0 Å². The van der Waals surface area contributed by atoms with Crippen LogP contribution in [0.1, 0.15) is 22.6 Å². The van der Waals surface area contributed by atoms with Crippen molar-refractivity contribution in [1.29, 1.82) is 0 Å². The van der Waals surface area contributed by atoms with Crippen molar-refractivity contribution < 1.29 is 8.91 Å². The highest BCUT2D eigenvalue weighted by Crippen LogP contribution is 2.29. The smallest absolute Gasteiger partial charge is 0.141 e. The molecule has 1 aromatic heterocycles. The van der Waals surface area contributed by atoms with Gasteiger partial charge in [-0.05, 0) is 49.8 Å². The fourth-order valence-electron chi connectivity index (χ4n) is 3.48. The van der Waals surface area contributed by atoms with E-state index >= 15 is 0 Å². The van der Waals surface area contributed by atoms with Crippen molar-refractivity contribution in [2.45, 2.75) is 20.4 Å². The first-order chi connectivity index (χ1) is 13.6. The molecule has 0 bridgehead atoms. The highest BCUT2D eigenvalue weighted by atomic mass is 19.1. The Morgan fingerprint density at radius 3 is 2.50 bits per heavy atom. The molecule has 0 saturated carbocycles. The second-order valence-electron chi connectivity index (χ2n) is 6.98. The summed E-state index contributed by atoms with van der Waals surface area (Å²) >= 11 is 0. The predicted octanol–water partition coefficient (Wildman–Crippen LogP) is 5.28. The fraction of sp³-hybridized carbons (Fsp3) is 0.174. The van der Waals surface area contributed by atoms with E-state index < -0.39 is 0 Å². The third-order valence-electron chi connectivity index (χ3n) is 4.72. The van der Waals surface area contributed by atoms with Gasteiger partial charge in [-0.2, -0.15) is 0 Å². The van der Waals surface area contributed by atoms with Gasteiger partial charge in [0.05, 0.1) is 12.2 Å². The van der Waals surface area contributed by atoms with Gasteiger partial charge in [-0.25, -0.2) is 4.39 Å². The number of benzene rings is 2. The molecule has 0 radical (unpaired) electrons. The van der Waals surface area contributed by atoms with E-state index in [0.717, 1.165) is 47.1 Å². The molecular formula is C23H22FN3O. The van der Waals surface area contributed by atoms with Crippen molar-refractivity contribution in [3.8, 4) is 0 Å². The summed E-state index contributed by atoms with van der Waals surface area (Å²) in [5, 5.41) is 7.51. The molecule has 2 aromatic carbocycles. The Balaban J connectivity index is 1.65. The maximum atomic E-state index is 13.2. The van der Waals surface area contributed by atoms with Gasteiger partial charge < -0.3 is 14.7 Å². The molecule has 1 N–H and O–H groups in total. The fourth-order valence-corrected chi connectivity index (χ4v) is 3.48. The van der Waals surface area contributed by atoms with Crippen molar-refractivity contribution in [1.82, 2.24) is 10.1 Å². The largest absolute Gasteiger partial charge is 0.367 e. The van der Waals surface area contributed by atoms with Crippen molar-refractivity contribution >= 4 is 11.3 Å². The first kappa shape index (κ1) is 18.0. The number of hydrogen-bond acceptors (Lipinski definition) is 4. The maximum Gasteiger partial charge on any atom is 0.141 e. The van der Waals surface area contributed by atoms with E-state index in [1.54, 1.807) is 12.1 Å². The predicted molar refractivity (Wildman–Crippen MR) is 109 cm³/mol. The molecule has 5 heteroatoms. The molecule has 0 aliphatic carbocycles. The van der Waals surface area contributed by atoms with E-state index in [1.165, 1.54) is 17.7 Å². The molecule has 1 aliphatic heterocycles. The summed E-state index contributed by atoms with van der Waals surface area (Å²) in [4.78, 5) is 2.25. The topological polar surface area (TPSA) is 41.3 Å². The first-order valence-corrected chi connectivity index (χ1v) is 9.25. The number of aromatic nitrogens is 1. The highest BCUT2D eigenvalue weighted by molar-refractivity contribution is 5.78. The number of rotatable bonds is 5. The summed E-state index contributed by atoms with van der Waals surface area (Å²) < 4.78 is 18.6. The van der Waals surface area contributed by atoms with Gasteiger partial charge in [0.1, 0.15) is 11.6 Å². The lowest BCUT2D eigenvalue weighted by Gasteiger charge is -2.28. The molecule has 0 saturated heterocycles. The molecule has 0 atom stereocenters. The van der Waals surface area contributed by atoms with E-state index in [2.05, 4.69) is 39.8 Å². The Morgan fingerprint density at radius 2 is 1.82 bits per heavy atom. The second kappa shape index (κ2) is 7.72. The van der Waals surface area contributed by atoms with Gasteiger partial charge in [0, 0.05) is 35.3 Å². The first-order valence-electron chi connectivity index (χ1n) is 9.25. The van der Waals surface area contributed by atoms with Crippen LogP contribution in [0, 0.1) is 19.7 Å². The average molecular weight is 375 g/mol. The zero-order chi connectivity index (χ0) is 19.5. The van der Waals surface area contributed by atoms with Crippen LogP contribution in [-0.2, 0) is 6.54 Å². The number of halogens is 1. The molecule has 28 heavy (non-hydrogen) atoms. The standard InChI is InChI=1S/C23H22FN3O/c1-16-23(17(2)28-26-16)19-12-22(25-21-10-8-20(24)9-11-21)15-27(14-19)13-18-6-4-3-5-7-18/h3-12,14,25H,13,15H2,1-2H3. The number of allylic oxidation sites excluding steroid dienone is 2. The minimum Gasteiger partial charge on any atom is -0.367 e. The monoisotopic (exact) mass is 375 g/mol. The van der Waals surface area contributed by atoms with Crippen LogP contribution in [-0.4, -0.2) is 16.6 Å². The lowest BCUT2D eigenvalue weighted by Crippen LogP contribution is -2.26. The Kier molecular flexibility index (Phi) is 4.98. The minimum absolute atomic E-state index is 0.245. The number of hydrogen-bond donors (Lipinski definition) is 1. The van der Waals surface area contributed by atoms with Crippen molar-refractivity contribution in [2.24, 2.45) is 0 Å². The zero-order valence-corrected chi connectivity index (χ0v) is 15.9. The summed E-state index contributed by atoms with van der Waals surface area (Å²) in [6.07, 6.45) is 4.26. The van der Waals surface area contributed by atoms with Crippen LogP contribution in [0.2, 0.25) is 0 Å². The van der Waals surface area contributed by atoms with Gasteiger partial charge in [0.25, 0.3) is 0 Å². The number of anilines is 1. The van der Waals surface area contributed by atoms with E-state index in [9.17, 15) is 4.39 Å². The van der Waals surface area contributed by atoms with Gasteiger partial charge in [-0.1, -0.05) is 35.5 Å². The lowest BCUT2D eigenvalue weighted by molar-refractivity contribution is 0.392. The normalized spacial score (nSPS) is 13.9. The zero-order valence-electron chi connectivity index (χ0n) is 15.9. The van der Waals surface area contributed by atoms with Gasteiger partial charge in [-0.15, -0.1) is 0 Å². The van der Waals surface area contributed by atoms with E-state index in [4.69, 9.17) is 4.52 Å². The molecule has 4 nitrogen and oxygen atoms in total. The van der Waals surface area contributed by atoms with E-state index in [1.807, 2.05) is 32.0 Å². The van der Waals surface area contributed by atoms with Crippen LogP contribution >= 0.6 is 0 Å². The summed E-state index contributed by atoms with van der Waals surface area (Å²) in [5.41, 5.74) is 6.04. The highest BCUT2D eigenvalue weighted by Gasteiger charge is 2.19. The molecular weight excluding hydrogens is 353 g/mol. The lowest BCUT2D eigenvalue weighted by atomic mass is 10.0. The van der Waals surface area contributed by atoms with Crippen molar-refractivity contribution in [2.75, 3.05) is 11.9 Å². The molecule has 142 valence electrons. The molecule has 0 amide bonds. The van der Waals surface area contributed by atoms with Crippen LogP contribution in [0.15, 0.2) is 77.1 Å². The SMILES string of the molecule is Cc1noc(C)c1C1=CN(Cc2ccccc2)CC(Nc2ccc(F)cc2)=C1. The molecule has 1 aliphatic rings. The third kappa shape index (κ3) is 3.98. The van der Waals surface area contributed by atoms with Crippen LogP contribution in [0.4, 0.5) is 10.1 Å². The number of nitrogens with one attached hydrogen (secondary N) is 1. The summed E-state index contributed by atoms with van der Waals surface area (Å²) in [6, 6.07) is 16.8. The summed E-state index contributed by atoms with van der Waals surface area (Å²) in [6.45, 7) is 5.38.